The molecule has 0 heterocycles. The zero-order valence-electron chi connectivity index (χ0n) is 16.7. The molecule has 0 aromatic carbocycles. The number of hydrogen-bond acceptors (Lipinski definition) is 5. The van der Waals surface area contributed by atoms with Gasteiger partial charge in [-0.1, -0.05) is 52.8 Å². The van der Waals surface area contributed by atoms with E-state index in [1.807, 2.05) is 0 Å². The first-order chi connectivity index (χ1) is 12.0. The molecule has 1 N–H and O–H groups in total. The minimum Gasteiger partial charge on any atom is -0.478 e. The van der Waals surface area contributed by atoms with E-state index in [2.05, 4.69) is 43.4 Å². The third-order valence-corrected chi connectivity index (χ3v) is 2.58. The summed E-state index contributed by atoms with van der Waals surface area (Å²) in [6.07, 6.45) is 9.78. The maximum Gasteiger partial charge on any atom is 0.327 e. The van der Waals surface area contributed by atoms with Gasteiger partial charge in [0.1, 0.15) is 0 Å². The average Bonchev–Trinajstić information content (AvgIpc) is 2.47. The number of esters is 2. The van der Waals surface area contributed by atoms with Gasteiger partial charge in [0.05, 0.1) is 12.5 Å². The van der Waals surface area contributed by atoms with Gasteiger partial charge in [-0.25, -0.2) is 4.79 Å². The van der Waals surface area contributed by atoms with Crippen molar-refractivity contribution in [3.8, 4) is 0 Å². The highest BCUT2D eigenvalue weighted by molar-refractivity contribution is 5.79. The molecule has 0 aromatic heterocycles. The summed E-state index contributed by atoms with van der Waals surface area (Å²) in [6.45, 7) is 16.2. The minimum absolute atomic E-state index is 0.171. The minimum atomic E-state index is -0.891. The van der Waals surface area contributed by atoms with E-state index < -0.39 is 5.97 Å². The molecule has 0 spiro atoms. The molecule has 0 saturated heterocycles. The number of allylic oxidation sites excluding steroid dienone is 1. The number of ether oxygens (including phenoxy) is 2. The van der Waals surface area contributed by atoms with Gasteiger partial charge in [-0.05, 0) is 25.2 Å². The Labute approximate surface area is 157 Å². The second kappa shape index (κ2) is 19.0. The lowest BCUT2D eigenvalue weighted by Crippen LogP contribution is -2.04. The Morgan fingerprint density at radius 3 is 1.81 bits per heavy atom. The van der Waals surface area contributed by atoms with Crippen molar-refractivity contribution in [3.63, 3.8) is 0 Å². The number of unbranched alkanes of at least 4 members (excludes halogenated alkanes) is 2. The Morgan fingerprint density at radius 2 is 1.54 bits per heavy atom. The van der Waals surface area contributed by atoms with Crippen molar-refractivity contribution in [2.24, 2.45) is 5.41 Å². The van der Waals surface area contributed by atoms with Crippen LogP contribution in [0.3, 0.4) is 0 Å². The van der Waals surface area contributed by atoms with E-state index >= 15 is 0 Å². The van der Waals surface area contributed by atoms with Crippen LogP contribution in [0, 0.1) is 5.41 Å². The molecule has 0 rings (SSSR count). The van der Waals surface area contributed by atoms with Crippen molar-refractivity contribution in [1.29, 1.82) is 0 Å². The highest BCUT2D eigenvalue weighted by Crippen LogP contribution is 2.22. The Kier molecular flexibility index (Phi) is 20.7. The summed E-state index contributed by atoms with van der Waals surface area (Å²) in [6, 6.07) is 0. The Bertz CT molecular complexity index is 444. The van der Waals surface area contributed by atoms with Crippen LogP contribution < -0.4 is 0 Å². The lowest BCUT2D eigenvalue weighted by atomic mass is 9.89. The number of carboxylic acids is 1. The van der Waals surface area contributed by atoms with Crippen LogP contribution in [0.2, 0.25) is 0 Å². The first-order valence-corrected chi connectivity index (χ1v) is 8.44. The molecule has 150 valence electrons. The topological polar surface area (TPSA) is 89.9 Å². The van der Waals surface area contributed by atoms with Crippen LogP contribution >= 0.6 is 0 Å². The van der Waals surface area contributed by atoms with Crippen LogP contribution in [0.4, 0.5) is 0 Å². The van der Waals surface area contributed by atoms with Crippen molar-refractivity contribution in [2.45, 2.75) is 66.7 Å². The van der Waals surface area contributed by atoms with Gasteiger partial charge in [0.25, 0.3) is 0 Å². The standard InChI is InChI=1S/C12H22O2.2C4H6O2/c1-5-14-11(13)9-7-6-8-10-12(2,3)4;1-3-6-4(2)5;1-2-3-4(5)6/h5H,1,6-10H2,2-4H3;3H,1H2,2H3;2-3H,1H3,(H,5,6). The first-order valence-electron chi connectivity index (χ1n) is 8.44. The van der Waals surface area contributed by atoms with E-state index in [4.69, 9.17) is 5.11 Å². The number of hydrogen-bond donors (Lipinski definition) is 1. The molecule has 0 unspecified atom stereocenters. The highest BCUT2D eigenvalue weighted by Gasteiger charge is 2.09. The summed E-state index contributed by atoms with van der Waals surface area (Å²) < 4.78 is 8.78. The second-order valence-corrected chi connectivity index (χ2v) is 6.39. The van der Waals surface area contributed by atoms with Gasteiger partial charge in [-0.15, -0.1) is 0 Å². The third-order valence-electron chi connectivity index (χ3n) is 2.58. The molecule has 0 saturated carbocycles. The molecule has 26 heavy (non-hydrogen) atoms. The molecule has 0 fully saturated rings. The molecule has 0 aromatic rings. The monoisotopic (exact) mass is 370 g/mol. The molecule has 0 aliphatic carbocycles. The Morgan fingerprint density at radius 1 is 1.00 bits per heavy atom. The lowest BCUT2D eigenvalue weighted by molar-refractivity contribution is -0.138. The van der Waals surface area contributed by atoms with Crippen LogP contribution in [0.25, 0.3) is 0 Å². The fourth-order valence-electron chi connectivity index (χ4n) is 1.51. The molecule has 0 aliphatic rings. The molecule has 0 atom stereocenters. The molecular formula is C20H34O6. The summed E-state index contributed by atoms with van der Waals surface area (Å²) in [4.78, 5) is 30.2. The third kappa shape index (κ3) is 37.7. The fourth-order valence-corrected chi connectivity index (χ4v) is 1.51. The summed E-state index contributed by atoms with van der Waals surface area (Å²) in [5, 5.41) is 7.83. The van der Waals surface area contributed by atoms with Crippen molar-refractivity contribution in [1.82, 2.24) is 0 Å². The molecule has 0 amide bonds. The number of rotatable bonds is 8. The summed E-state index contributed by atoms with van der Waals surface area (Å²) in [5.41, 5.74) is 0.404. The smallest absolute Gasteiger partial charge is 0.327 e. The first kappa shape index (κ1) is 28.4. The van der Waals surface area contributed by atoms with E-state index in [1.165, 1.54) is 32.1 Å². The van der Waals surface area contributed by atoms with Crippen LogP contribution in [0.5, 0.6) is 0 Å². The van der Waals surface area contributed by atoms with Crippen molar-refractivity contribution < 1.29 is 29.0 Å². The van der Waals surface area contributed by atoms with Crippen LogP contribution in [0.1, 0.15) is 66.7 Å². The Hall–Kier alpha value is -2.37. The molecule has 6 nitrogen and oxygen atoms in total. The van der Waals surface area contributed by atoms with Crippen molar-refractivity contribution in [2.75, 3.05) is 0 Å². The van der Waals surface area contributed by atoms with Crippen molar-refractivity contribution >= 4 is 17.9 Å². The number of aliphatic carboxylic acids is 1. The maximum atomic E-state index is 10.9. The second-order valence-electron chi connectivity index (χ2n) is 6.39. The summed E-state index contributed by atoms with van der Waals surface area (Å²) in [5.74, 6) is -1.39. The van der Waals surface area contributed by atoms with Crippen LogP contribution in [-0.2, 0) is 23.9 Å². The predicted molar refractivity (Wildman–Crippen MR) is 103 cm³/mol. The molecule has 0 aliphatic heterocycles. The maximum absolute atomic E-state index is 10.9. The van der Waals surface area contributed by atoms with Gasteiger partial charge in [0.15, 0.2) is 0 Å². The van der Waals surface area contributed by atoms with E-state index in [9.17, 15) is 14.4 Å². The highest BCUT2D eigenvalue weighted by atomic mass is 16.5. The fraction of sp³-hybridized carbons (Fsp3) is 0.550. The SMILES string of the molecule is C=COC(=O)CCCCCC(C)(C)C.C=COC(C)=O.CC=CC(=O)O. The number of carbonyl (C=O) groups is 3. The van der Waals surface area contributed by atoms with Gasteiger partial charge in [-0.2, -0.15) is 0 Å². The number of carboxylic acid groups (broad SMARTS) is 1. The number of carbonyl (C=O) groups excluding carboxylic acids is 2. The van der Waals surface area contributed by atoms with E-state index in [1.54, 1.807) is 6.92 Å². The van der Waals surface area contributed by atoms with Crippen LogP contribution in [-0.4, -0.2) is 23.0 Å². The van der Waals surface area contributed by atoms with Gasteiger partial charge >= 0.3 is 17.9 Å². The van der Waals surface area contributed by atoms with Gasteiger partial charge in [0, 0.05) is 19.4 Å². The Balaban J connectivity index is -0.000000364. The van der Waals surface area contributed by atoms with Crippen LogP contribution in [0.15, 0.2) is 37.8 Å². The zero-order valence-corrected chi connectivity index (χ0v) is 16.7. The molecular weight excluding hydrogens is 336 g/mol. The summed E-state index contributed by atoms with van der Waals surface area (Å²) >= 11 is 0. The van der Waals surface area contributed by atoms with E-state index in [0.29, 0.717) is 11.8 Å². The van der Waals surface area contributed by atoms with Gasteiger partial charge in [0.2, 0.25) is 0 Å². The predicted octanol–water partition coefficient (Wildman–Crippen LogP) is 5.01. The van der Waals surface area contributed by atoms with E-state index in [-0.39, 0.29) is 11.9 Å². The zero-order chi connectivity index (χ0) is 21.0. The molecule has 0 radical (unpaired) electrons. The lowest BCUT2D eigenvalue weighted by Gasteiger charge is -2.17. The van der Waals surface area contributed by atoms with Gasteiger partial charge < -0.3 is 14.6 Å². The van der Waals surface area contributed by atoms with Crippen molar-refractivity contribution in [3.05, 3.63) is 37.8 Å². The molecule has 0 bridgehead atoms. The molecule has 6 heteroatoms. The normalized spacial score (nSPS) is 9.73. The summed E-state index contributed by atoms with van der Waals surface area (Å²) in [7, 11) is 0. The van der Waals surface area contributed by atoms with Gasteiger partial charge in [-0.3, -0.25) is 9.59 Å². The van der Waals surface area contributed by atoms with E-state index in [0.717, 1.165) is 25.2 Å². The largest absolute Gasteiger partial charge is 0.478 e. The quantitative estimate of drug-likeness (QED) is 0.279. The average molecular weight is 370 g/mol.